The molecule has 13 amide bonds. The number of amides is 13. The van der Waals surface area contributed by atoms with Crippen molar-refractivity contribution in [3.63, 3.8) is 0 Å². The third-order valence-electron chi connectivity index (χ3n) is 16.4. The molecule has 0 spiro atoms. The summed E-state index contributed by atoms with van der Waals surface area (Å²) in [6.07, 6.45) is -0.912. The summed E-state index contributed by atoms with van der Waals surface area (Å²) in [5, 5.41) is 38.2. The molecular formula is C66H103N23O15S. The van der Waals surface area contributed by atoms with Gasteiger partial charge in [0.2, 0.25) is 76.8 Å². The summed E-state index contributed by atoms with van der Waals surface area (Å²) in [5.41, 5.74) is 46.1. The predicted molar refractivity (Wildman–Crippen MR) is 389 cm³/mol. The minimum atomic E-state index is -1.92. The molecular weight excluding hydrogens is 1390 g/mol. The van der Waals surface area contributed by atoms with Crippen molar-refractivity contribution in [2.24, 2.45) is 66.8 Å². The molecule has 0 unspecified atom stereocenters. The topological polar surface area (TPSA) is 640 Å². The normalized spacial score (nSPS) is 23.1. The van der Waals surface area contributed by atoms with Gasteiger partial charge in [0.25, 0.3) is 0 Å². The minimum absolute atomic E-state index is 0.00306. The van der Waals surface area contributed by atoms with Crippen molar-refractivity contribution >= 4 is 112 Å². The maximum atomic E-state index is 15.1. The third-order valence-corrected chi connectivity index (χ3v) is 17.4. The molecule has 28 N–H and O–H groups in total. The second kappa shape index (κ2) is 46.0. The van der Waals surface area contributed by atoms with Crippen LogP contribution >= 0.6 is 11.8 Å². The molecule has 39 heteroatoms. The molecule has 0 aromatic heterocycles. The molecule has 2 aliphatic rings. The van der Waals surface area contributed by atoms with Crippen LogP contribution in [0.1, 0.15) is 108 Å². The highest BCUT2D eigenvalue weighted by Gasteiger charge is 2.41. The van der Waals surface area contributed by atoms with E-state index in [1.54, 1.807) is 74.5 Å². The monoisotopic (exact) mass is 1490 g/mol. The van der Waals surface area contributed by atoms with Gasteiger partial charge in [0.1, 0.15) is 60.4 Å². The van der Waals surface area contributed by atoms with E-state index in [1.807, 2.05) is 0 Å². The lowest BCUT2D eigenvalue weighted by Crippen LogP contribution is -2.60. The lowest BCUT2D eigenvalue weighted by Gasteiger charge is -2.31. The number of fused-ring (bicyclic) bond motifs is 1. The fourth-order valence-electron chi connectivity index (χ4n) is 11.2. The second-order valence-corrected chi connectivity index (χ2v) is 26.5. The van der Waals surface area contributed by atoms with E-state index in [0.29, 0.717) is 17.5 Å². The molecule has 2 saturated heterocycles. The number of primary amides is 1. The van der Waals surface area contributed by atoms with E-state index in [0.717, 1.165) is 11.8 Å². The van der Waals surface area contributed by atoms with Gasteiger partial charge in [-0.2, -0.15) is 0 Å². The molecule has 2 aromatic carbocycles. The number of guanidine groups is 3. The first-order valence-electron chi connectivity index (χ1n) is 34.5. The van der Waals surface area contributed by atoms with Crippen molar-refractivity contribution in [3.8, 4) is 0 Å². The van der Waals surface area contributed by atoms with Crippen LogP contribution in [0, 0.1) is 5.92 Å². The molecule has 2 fully saturated rings. The number of thioether (sulfide) groups is 1. The van der Waals surface area contributed by atoms with E-state index in [1.165, 1.54) is 4.90 Å². The second-order valence-electron chi connectivity index (χ2n) is 25.5. The minimum Gasteiger partial charge on any atom is -0.481 e. The first-order chi connectivity index (χ1) is 49.9. The Morgan fingerprint density at radius 3 is 1.43 bits per heavy atom. The van der Waals surface area contributed by atoms with Gasteiger partial charge in [-0.25, -0.2) is 0 Å². The van der Waals surface area contributed by atoms with E-state index in [9.17, 15) is 62.6 Å². The van der Waals surface area contributed by atoms with Crippen molar-refractivity contribution in [1.82, 2.24) is 63.4 Å². The quantitative estimate of drug-likeness (QED) is 0.0250. The SMILES string of the molecule is CC(C)C[C@@H]1NC(=O)[C@H](Cc2ccccc2)NC(=O)CSC[C@@H](C(N)=O)NC(=O)CNC(=O)CNC(=O)[C@H](CCCN=C(N)N)NC(=O)[C@H](CC(=O)O)NC(=O)[C@H](CCCCN)NC(=O)[C@@H]2CCCN2C(=O)[C@H](CCCN=C(N)N)NC(=O)[C@H](Cc2ccccc2)NC(=O)[C@H](CCCN=C(N)N)NC1=O. The van der Waals surface area contributed by atoms with Gasteiger partial charge in [-0.1, -0.05) is 74.5 Å². The lowest BCUT2D eigenvalue weighted by atomic mass is 10.00. The van der Waals surface area contributed by atoms with Crippen LogP contribution < -0.4 is 104 Å². The zero-order chi connectivity index (χ0) is 77.5. The summed E-state index contributed by atoms with van der Waals surface area (Å²) in [7, 11) is 0. The van der Waals surface area contributed by atoms with Crippen LogP contribution in [0.2, 0.25) is 0 Å². The van der Waals surface area contributed by atoms with E-state index in [2.05, 4.69) is 73.5 Å². The Morgan fingerprint density at radius 1 is 0.495 bits per heavy atom. The van der Waals surface area contributed by atoms with Gasteiger partial charge >= 0.3 is 5.97 Å². The average molecular weight is 1490 g/mol. The van der Waals surface area contributed by atoms with Crippen LogP contribution in [-0.2, 0) is 80.0 Å². The first kappa shape index (κ1) is 86.5. The zero-order valence-electron chi connectivity index (χ0n) is 59.1. The Labute approximate surface area is 612 Å². The van der Waals surface area contributed by atoms with Crippen LogP contribution in [0.4, 0.5) is 0 Å². The van der Waals surface area contributed by atoms with Crippen molar-refractivity contribution in [2.75, 3.05) is 57.3 Å². The number of hydrogen-bond donors (Lipinski definition) is 20. The molecule has 0 bridgehead atoms. The van der Waals surface area contributed by atoms with E-state index in [-0.39, 0.29) is 146 Å². The summed E-state index contributed by atoms with van der Waals surface area (Å²) in [6.45, 7) is 2.01. The number of nitrogens with one attached hydrogen (secondary N) is 11. The van der Waals surface area contributed by atoms with Crippen molar-refractivity contribution in [1.29, 1.82) is 0 Å². The summed E-state index contributed by atoms with van der Waals surface area (Å²) in [5.74, 6) is -15.3. The van der Waals surface area contributed by atoms with Gasteiger partial charge in [0, 0.05) is 44.8 Å². The van der Waals surface area contributed by atoms with Gasteiger partial charge < -0.3 is 114 Å². The van der Waals surface area contributed by atoms with E-state index < -0.39 is 168 Å². The van der Waals surface area contributed by atoms with Gasteiger partial charge in [-0.3, -0.25) is 82.1 Å². The first-order valence-corrected chi connectivity index (χ1v) is 35.7. The Balaban J connectivity index is 1.84. The highest BCUT2D eigenvalue weighted by molar-refractivity contribution is 8.00. The Morgan fingerprint density at radius 2 is 0.924 bits per heavy atom. The fraction of sp³-hybridized carbons (Fsp3) is 0.561. The molecule has 0 radical (unpaired) electrons. The average Bonchev–Trinajstić information content (AvgIpc) is 1.61. The number of aliphatic imine (C=N–C) groups is 3. The summed E-state index contributed by atoms with van der Waals surface area (Å²) in [6, 6.07) is 2.29. The van der Waals surface area contributed by atoms with Gasteiger partial charge in [0.15, 0.2) is 17.9 Å². The Kier molecular flexibility index (Phi) is 37.9. The number of nitrogens with two attached hydrogens (primary N) is 8. The van der Waals surface area contributed by atoms with Crippen LogP contribution in [0.3, 0.4) is 0 Å². The molecule has 4 rings (SSSR count). The molecule has 2 aliphatic heterocycles. The van der Waals surface area contributed by atoms with Gasteiger partial charge in [0.05, 0.1) is 25.3 Å². The van der Waals surface area contributed by atoms with E-state index in [4.69, 9.17) is 45.9 Å². The van der Waals surface area contributed by atoms with Crippen LogP contribution in [-0.4, -0.2) is 228 Å². The van der Waals surface area contributed by atoms with E-state index >= 15 is 9.59 Å². The number of hydrogen-bond acceptors (Lipinski definition) is 19. The lowest BCUT2D eigenvalue weighted by molar-refractivity contribution is -0.143. The molecule has 0 aliphatic carbocycles. The number of rotatable bonds is 25. The Hall–Kier alpha value is -10.9. The number of carbonyl (C=O) groups excluding carboxylic acids is 13. The highest BCUT2D eigenvalue weighted by atomic mass is 32.2. The van der Waals surface area contributed by atoms with Crippen molar-refractivity contribution < 1.29 is 72.2 Å². The number of carbonyl (C=O) groups is 14. The maximum absolute atomic E-state index is 15.1. The van der Waals surface area contributed by atoms with Crippen LogP contribution in [0.25, 0.3) is 0 Å². The van der Waals surface area contributed by atoms with Crippen molar-refractivity contribution in [3.05, 3.63) is 71.8 Å². The van der Waals surface area contributed by atoms with Gasteiger partial charge in [-0.15, -0.1) is 11.8 Å². The number of carboxylic acids is 1. The molecule has 0 saturated carbocycles. The number of carboxylic acid groups (broad SMARTS) is 1. The number of benzene rings is 2. The standard InChI is InChI=1S/C66H103N23O15S/c1-37(2)29-44-58(99)83-42(21-12-26-76-65(71)72)57(98)87-46(31-39-17-7-4-8-18-39)60(101)85-43(22-13-27-77-66(73)74)63(104)89-28-14-23-49(89)62(103)84-41(19-9-10-24-67)56(97)88-47(32-53(93)94)61(102)82-40(20-11-25-75-64(69)70)55(96)79-33-50(90)78-34-51(91)81-48(54(68)95)35-105-36-52(92)80-45(59(100)86-44)30-38-15-5-3-6-16-38/h3-8,15-18,37,40-49H,9-14,19-36,67H2,1-2H3,(H2,68,95)(H,78,90)(H,79,96)(H,80,92)(H,81,91)(H,82,102)(H,83,99)(H,84,103)(H,85,101)(H,86,100)(H,87,98)(H,88,97)(H,93,94)(H4,69,70,75)(H4,71,72,76)(H4,73,74,77)/t40-,41-,42-,43-,44-,45-,46-,47-,48-,49-/m0/s1. The number of unbranched alkanes of at least 4 members (excludes halogenated alkanes) is 1. The molecule has 105 heavy (non-hydrogen) atoms. The molecule has 2 aromatic rings. The molecule has 10 atom stereocenters. The summed E-state index contributed by atoms with van der Waals surface area (Å²) >= 11 is 0.841. The van der Waals surface area contributed by atoms with Crippen molar-refractivity contribution in [2.45, 2.75) is 171 Å². The maximum Gasteiger partial charge on any atom is 0.305 e. The summed E-state index contributed by atoms with van der Waals surface area (Å²) in [4.78, 5) is 209. The smallest absolute Gasteiger partial charge is 0.305 e. The number of aliphatic carboxylic acids is 1. The predicted octanol–water partition coefficient (Wildman–Crippen LogP) is -6.90. The van der Waals surface area contributed by atoms with Crippen LogP contribution in [0.5, 0.6) is 0 Å². The summed E-state index contributed by atoms with van der Waals surface area (Å²) < 4.78 is 0. The number of nitrogens with zero attached hydrogens (tertiary/aromatic N) is 4. The molecule has 2 heterocycles. The largest absolute Gasteiger partial charge is 0.481 e. The fourth-order valence-corrected chi connectivity index (χ4v) is 12.0. The zero-order valence-corrected chi connectivity index (χ0v) is 59.9. The third kappa shape index (κ3) is 33.0. The van der Waals surface area contributed by atoms with Gasteiger partial charge in [-0.05, 0) is 101 Å². The highest BCUT2D eigenvalue weighted by Crippen LogP contribution is 2.22. The Bertz CT molecular complexity index is 3380. The molecule has 578 valence electrons. The molecule has 38 nitrogen and oxygen atoms in total. The van der Waals surface area contributed by atoms with Crippen LogP contribution in [0.15, 0.2) is 75.6 Å².